The molecule has 0 N–H and O–H groups in total. The van der Waals surface area contributed by atoms with Gasteiger partial charge in [0.15, 0.2) is 0 Å². The molecule has 0 aliphatic carbocycles. The lowest BCUT2D eigenvalue weighted by Crippen LogP contribution is -2.51. The summed E-state index contributed by atoms with van der Waals surface area (Å²) in [6, 6.07) is 5.66. The lowest BCUT2D eigenvalue weighted by molar-refractivity contribution is -0.142. The van der Waals surface area contributed by atoms with Gasteiger partial charge in [-0.05, 0) is 36.1 Å². The molecule has 0 bridgehead atoms. The smallest absolute Gasteiger partial charge is 0.251 e. The maximum absolute atomic E-state index is 13.1. The number of hydrogen-bond acceptors (Lipinski definition) is 4. The highest BCUT2D eigenvalue weighted by Crippen LogP contribution is 2.21. The van der Waals surface area contributed by atoms with E-state index in [9.17, 15) is 9.18 Å². The normalized spacial score (nSPS) is 22.4. The van der Waals surface area contributed by atoms with Crippen molar-refractivity contribution >= 4 is 5.91 Å². The van der Waals surface area contributed by atoms with Crippen molar-refractivity contribution < 1.29 is 13.9 Å². The first kappa shape index (κ1) is 17.7. The number of benzene rings is 1. The van der Waals surface area contributed by atoms with Crippen LogP contribution in [0.4, 0.5) is 4.39 Å². The maximum atomic E-state index is 13.1. The minimum atomic E-state index is -0.369. The van der Waals surface area contributed by atoms with Crippen molar-refractivity contribution in [3.63, 3.8) is 0 Å². The highest BCUT2D eigenvalue weighted by molar-refractivity contribution is 5.81. The molecule has 2 aliphatic heterocycles. The molecular weight excluding hydrogens is 325 g/mol. The van der Waals surface area contributed by atoms with Crippen LogP contribution in [0.15, 0.2) is 29.4 Å². The topological polar surface area (TPSA) is 81.5 Å². The first-order valence-electron chi connectivity index (χ1n) is 8.60. The molecule has 134 valence electrons. The van der Waals surface area contributed by atoms with Crippen molar-refractivity contribution in [3.8, 4) is 0 Å². The standard InChI is InChI=1S/C17H22FN5O2/c18-14-5-3-13(4-6-14)15(20-21-19)12-22-7-9-23(10-8-22)17(24)16-2-1-11-25-16/h3-6,15-16H,1-2,7-12H2. The van der Waals surface area contributed by atoms with Crippen LogP contribution in [0, 0.1) is 5.82 Å². The molecule has 2 fully saturated rings. The number of carbonyl (C=O) groups is 1. The lowest BCUT2D eigenvalue weighted by Gasteiger charge is -2.36. The number of rotatable bonds is 5. The van der Waals surface area contributed by atoms with E-state index in [0.717, 1.165) is 31.5 Å². The summed E-state index contributed by atoms with van der Waals surface area (Å²) in [7, 11) is 0. The molecule has 0 radical (unpaired) electrons. The number of nitrogens with zero attached hydrogens (tertiary/aromatic N) is 5. The van der Waals surface area contributed by atoms with Gasteiger partial charge < -0.3 is 9.64 Å². The predicted molar refractivity (Wildman–Crippen MR) is 90.3 cm³/mol. The van der Waals surface area contributed by atoms with Gasteiger partial charge in [0.1, 0.15) is 11.9 Å². The summed E-state index contributed by atoms with van der Waals surface area (Å²) in [4.78, 5) is 19.3. The molecule has 7 nitrogen and oxygen atoms in total. The third-order valence-corrected chi connectivity index (χ3v) is 4.77. The third-order valence-electron chi connectivity index (χ3n) is 4.77. The van der Waals surface area contributed by atoms with Crippen LogP contribution in [0.1, 0.15) is 24.4 Å². The van der Waals surface area contributed by atoms with Crippen LogP contribution in [0.25, 0.3) is 10.4 Å². The van der Waals surface area contributed by atoms with E-state index in [1.165, 1.54) is 12.1 Å². The van der Waals surface area contributed by atoms with Gasteiger partial charge in [-0.1, -0.05) is 17.2 Å². The molecule has 2 saturated heterocycles. The zero-order valence-electron chi connectivity index (χ0n) is 14.1. The lowest BCUT2D eigenvalue weighted by atomic mass is 10.1. The Morgan fingerprint density at radius 1 is 1.32 bits per heavy atom. The third kappa shape index (κ3) is 4.48. The molecule has 25 heavy (non-hydrogen) atoms. The Hall–Kier alpha value is -2.15. The van der Waals surface area contributed by atoms with Crippen LogP contribution in [-0.2, 0) is 9.53 Å². The molecule has 0 saturated carbocycles. The van der Waals surface area contributed by atoms with Crippen molar-refractivity contribution in [1.82, 2.24) is 9.80 Å². The maximum Gasteiger partial charge on any atom is 0.251 e. The van der Waals surface area contributed by atoms with Crippen molar-refractivity contribution in [2.75, 3.05) is 39.3 Å². The quantitative estimate of drug-likeness (QED) is 0.466. The number of hydrogen-bond donors (Lipinski definition) is 0. The number of halogens is 1. The van der Waals surface area contributed by atoms with Crippen molar-refractivity contribution in [2.24, 2.45) is 5.11 Å². The Bertz CT molecular complexity index is 633. The summed E-state index contributed by atoms with van der Waals surface area (Å²) in [5, 5.41) is 3.85. The van der Waals surface area contributed by atoms with Crippen molar-refractivity contribution in [1.29, 1.82) is 0 Å². The second-order valence-electron chi connectivity index (χ2n) is 6.40. The number of amides is 1. The first-order chi connectivity index (χ1) is 12.2. The molecule has 2 heterocycles. The summed E-state index contributed by atoms with van der Waals surface area (Å²) >= 11 is 0. The van der Waals surface area contributed by atoms with Gasteiger partial charge in [-0.3, -0.25) is 9.69 Å². The predicted octanol–water partition coefficient (Wildman–Crippen LogP) is 2.50. The van der Waals surface area contributed by atoms with Crippen LogP contribution >= 0.6 is 0 Å². The fraction of sp³-hybridized carbons (Fsp3) is 0.588. The largest absolute Gasteiger partial charge is 0.368 e. The van der Waals surface area contributed by atoms with Gasteiger partial charge in [-0.2, -0.15) is 0 Å². The Morgan fingerprint density at radius 3 is 2.64 bits per heavy atom. The second-order valence-corrected chi connectivity index (χ2v) is 6.40. The fourth-order valence-corrected chi connectivity index (χ4v) is 3.33. The van der Waals surface area contributed by atoms with E-state index in [1.807, 2.05) is 4.90 Å². The van der Waals surface area contributed by atoms with Gasteiger partial charge >= 0.3 is 0 Å². The van der Waals surface area contributed by atoms with Crippen LogP contribution < -0.4 is 0 Å². The average molecular weight is 347 g/mol. The van der Waals surface area contributed by atoms with E-state index < -0.39 is 0 Å². The monoisotopic (exact) mass is 347 g/mol. The number of piperazine rings is 1. The van der Waals surface area contributed by atoms with Crippen LogP contribution in [0.5, 0.6) is 0 Å². The molecule has 0 aromatic heterocycles. The van der Waals surface area contributed by atoms with E-state index in [4.69, 9.17) is 10.3 Å². The molecule has 8 heteroatoms. The SMILES string of the molecule is [N-]=[N+]=NC(CN1CCN(C(=O)C2CCCO2)CC1)c1ccc(F)cc1. The highest BCUT2D eigenvalue weighted by atomic mass is 19.1. The van der Waals surface area contributed by atoms with Gasteiger partial charge in [0.2, 0.25) is 0 Å². The highest BCUT2D eigenvalue weighted by Gasteiger charge is 2.30. The van der Waals surface area contributed by atoms with Gasteiger partial charge in [0, 0.05) is 44.2 Å². The van der Waals surface area contributed by atoms with Crippen molar-refractivity contribution in [2.45, 2.75) is 25.0 Å². The first-order valence-corrected chi connectivity index (χ1v) is 8.60. The molecule has 1 aromatic rings. The Labute approximate surface area is 146 Å². The Morgan fingerprint density at radius 2 is 2.04 bits per heavy atom. The van der Waals surface area contributed by atoms with E-state index in [2.05, 4.69) is 14.9 Å². The number of ether oxygens (including phenoxy) is 1. The summed E-state index contributed by atoms with van der Waals surface area (Å²) in [5.74, 6) is -0.230. The molecule has 1 aromatic carbocycles. The fourth-order valence-electron chi connectivity index (χ4n) is 3.33. The van der Waals surface area contributed by atoms with Gasteiger partial charge in [0.25, 0.3) is 5.91 Å². The average Bonchev–Trinajstić information content (AvgIpc) is 3.17. The van der Waals surface area contributed by atoms with Gasteiger partial charge in [-0.25, -0.2) is 4.39 Å². The van der Waals surface area contributed by atoms with Crippen molar-refractivity contribution in [3.05, 3.63) is 46.1 Å². The minimum Gasteiger partial charge on any atom is -0.368 e. The van der Waals surface area contributed by atoms with Crippen LogP contribution in [0.3, 0.4) is 0 Å². The number of carbonyl (C=O) groups excluding carboxylic acids is 1. The van der Waals surface area contributed by atoms with Crippen LogP contribution in [0.2, 0.25) is 0 Å². The van der Waals surface area contributed by atoms with E-state index in [0.29, 0.717) is 26.2 Å². The Kier molecular flexibility index (Phi) is 5.86. The Balaban J connectivity index is 1.55. The van der Waals surface area contributed by atoms with Crippen LogP contribution in [-0.4, -0.2) is 61.1 Å². The molecule has 2 aliphatic rings. The second kappa shape index (κ2) is 8.29. The molecule has 0 spiro atoms. The van der Waals surface area contributed by atoms with Gasteiger partial charge in [-0.15, -0.1) is 0 Å². The van der Waals surface area contributed by atoms with E-state index >= 15 is 0 Å². The summed E-state index contributed by atoms with van der Waals surface area (Å²) in [6.45, 7) is 3.95. The van der Waals surface area contributed by atoms with E-state index in [-0.39, 0.29) is 23.9 Å². The summed E-state index contributed by atoms with van der Waals surface area (Å²) < 4.78 is 18.5. The molecular formula is C17H22FN5O2. The molecule has 1 amide bonds. The molecule has 2 unspecified atom stereocenters. The zero-order chi connectivity index (χ0) is 17.6. The minimum absolute atomic E-state index is 0.0854. The molecule has 2 atom stereocenters. The molecule has 3 rings (SSSR count). The number of azide groups is 1. The van der Waals surface area contributed by atoms with Gasteiger partial charge in [0.05, 0.1) is 6.04 Å². The zero-order valence-corrected chi connectivity index (χ0v) is 14.1. The summed E-state index contributed by atoms with van der Waals surface area (Å²) in [5.41, 5.74) is 9.61. The van der Waals surface area contributed by atoms with E-state index in [1.54, 1.807) is 12.1 Å². The summed E-state index contributed by atoms with van der Waals surface area (Å²) in [6.07, 6.45) is 1.48.